The summed E-state index contributed by atoms with van der Waals surface area (Å²) in [5, 5.41) is 5.06. The van der Waals surface area contributed by atoms with Gasteiger partial charge < -0.3 is 4.74 Å². The van der Waals surface area contributed by atoms with Gasteiger partial charge in [-0.2, -0.15) is 5.10 Å². The highest BCUT2D eigenvalue weighted by molar-refractivity contribution is 6.37. The van der Waals surface area contributed by atoms with Gasteiger partial charge in [0.1, 0.15) is 5.71 Å². The maximum Gasteiger partial charge on any atom is 0.354 e. The summed E-state index contributed by atoms with van der Waals surface area (Å²) >= 11 is 0. The van der Waals surface area contributed by atoms with E-state index in [2.05, 4.69) is 5.10 Å². The van der Waals surface area contributed by atoms with Gasteiger partial charge in [0, 0.05) is 19.9 Å². The van der Waals surface area contributed by atoms with Gasteiger partial charge in [0.2, 0.25) is 5.91 Å². The van der Waals surface area contributed by atoms with E-state index in [-0.39, 0.29) is 5.91 Å². The number of carbonyl (C=O) groups is 2. The van der Waals surface area contributed by atoms with Crippen molar-refractivity contribution in [3.05, 3.63) is 0 Å². The Morgan fingerprint density at radius 2 is 2.27 bits per heavy atom. The van der Waals surface area contributed by atoms with Crippen molar-refractivity contribution in [2.75, 3.05) is 13.7 Å². The molecule has 1 rings (SSSR count). The zero-order valence-electron chi connectivity index (χ0n) is 9.15. The van der Waals surface area contributed by atoms with Gasteiger partial charge in [-0.15, -0.1) is 0 Å². The maximum absolute atomic E-state index is 11.4. The molecule has 0 atom stereocenters. The summed E-state index contributed by atoms with van der Waals surface area (Å²) in [5.74, 6) is -0.470. The second-order valence-electron chi connectivity index (χ2n) is 3.45. The molecule has 0 bridgehead atoms. The molecule has 0 aromatic carbocycles. The first kappa shape index (κ1) is 11.7. The van der Waals surface area contributed by atoms with Crippen molar-refractivity contribution in [3.63, 3.8) is 0 Å². The van der Waals surface area contributed by atoms with E-state index in [9.17, 15) is 9.59 Å². The number of nitrogens with zero attached hydrogens (tertiary/aromatic N) is 2. The van der Waals surface area contributed by atoms with Crippen LogP contribution in [-0.4, -0.2) is 36.3 Å². The third-order valence-corrected chi connectivity index (χ3v) is 2.17. The largest absolute Gasteiger partial charge is 0.461 e. The highest BCUT2D eigenvalue weighted by atomic mass is 16.5. The van der Waals surface area contributed by atoms with E-state index < -0.39 is 5.97 Å². The zero-order chi connectivity index (χ0) is 11.3. The molecule has 1 heterocycles. The first-order valence-corrected chi connectivity index (χ1v) is 5.16. The minimum atomic E-state index is -0.400. The number of hydrazone groups is 1. The van der Waals surface area contributed by atoms with Crippen LogP contribution >= 0.6 is 0 Å². The van der Waals surface area contributed by atoms with Crippen molar-refractivity contribution in [2.24, 2.45) is 5.10 Å². The average Bonchev–Trinajstić information content (AvgIpc) is 2.22. The lowest BCUT2D eigenvalue weighted by molar-refractivity contribution is -0.136. The molecule has 15 heavy (non-hydrogen) atoms. The number of amides is 1. The third-order valence-electron chi connectivity index (χ3n) is 2.17. The fourth-order valence-corrected chi connectivity index (χ4v) is 1.21. The summed E-state index contributed by atoms with van der Waals surface area (Å²) in [7, 11) is 1.54. The van der Waals surface area contributed by atoms with Crippen molar-refractivity contribution in [1.82, 2.24) is 5.01 Å². The van der Waals surface area contributed by atoms with Crippen LogP contribution in [0.4, 0.5) is 0 Å². The predicted molar refractivity (Wildman–Crippen MR) is 55.3 cm³/mol. The number of rotatable bonds is 4. The van der Waals surface area contributed by atoms with Crippen LogP contribution in [0.1, 0.15) is 32.6 Å². The first-order valence-electron chi connectivity index (χ1n) is 5.16. The molecule has 0 saturated carbocycles. The van der Waals surface area contributed by atoms with Crippen LogP contribution in [0, 0.1) is 0 Å². The second kappa shape index (κ2) is 5.48. The summed E-state index contributed by atoms with van der Waals surface area (Å²) in [5.41, 5.74) is 0.341. The van der Waals surface area contributed by atoms with Crippen molar-refractivity contribution >= 4 is 17.6 Å². The van der Waals surface area contributed by atoms with E-state index >= 15 is 0 Å². The molecule has 84 valence electrons. The van der Waals surface area contributed by atoms with Gasteiger partial charge in [-0.1, -0.05) is 13.3 Å². The zero-order valence-corrected chi connectivity index (χ0v) is 9.15. The second-order valence-corrected chi connectivity index (χ2v) is 3.45. The van der Waals surface area contributed by atoms with Crippen LogP contribution in [-0.2, 0) is 14.3 Å². The summed E-state index contributed by atoms with van der Waals surface area (Å²) in [6, 6.07) is 0. The van der Waals surface area contributed by atoms with Crippen molar-refractivity contribution in [1.29, 1.82) is 0 Å². The minimum absolute atomic E-state index is 0.0693. The summed E-state index contributed by atoms with van der Waals surface area (Å²) < 4.78 is 5.00. The van der Waals surface area contributed by atoms with E-state index in [4.69, 9.17) is 4.74 Å². The van der Waals surface area contributed by atoms with Gasteiger partial charge in [-0.05, 0) is 6.42 Å². The van der Waals surface area contributed by atoms with E-state index in [1.54, 1.807) is 7.05 Å². The van der Waals surface area contributed by atoms with Gasteiger partial charge in [0.25, 0.3) is 0 Å². The molecule has 5 nitrogen and oxygen atoms in total. The summed E-state index contributed by atoms with van der Waals surface area (Å²) in [6.07, 6.45) is 2.55. The number of unbranched alkanes of at least 4 members (excludes halogenated alkanes) is 1. The first-order chi connectivity index (χ1) is 7.15. The van der Waals surface area contributed by atoms with Crippen LogP contribution in [0.3, 0.4) is 0 Å². The van der Waals surface area contributed by atoms with Crippen LogP contribution in [0.2, 0.25) is 0 Å². The maximum atomic E-state index is 11.4. The Bertz CT molecular complexity index is 286. The molecule has 0 aromatic rings. The molecule has 5 heteroatoms. The van der Waals surface area contributed by atoms with E-state index in [0.29, 0.717) is 25.2 Å². The fraction of sp³-hybridized carbons (Fsp3) is 0.700. The fourth-order valence-electron chi connectivity index (χ4n) is 1.21. The molecule has 0 unspecified atom stereocenters. The molecule has 0 fully saturated rings. The highest BCUT2D eigenvalue weighted by Crippen LogP contribution is 2.08. The van der Waals surface area contributed by atoms with Crippen LogP contribution in [0.25, 0.3) is 0 Å². The molecule has 1 aliphatic rings. The molecule has 0 saturated heterocycles. The third kappa shape index (κ3) is 3.34. The van der Waals surface area contributed by atoms with Crippen molar-refractivity contribution in [3.8, 4) is 0 Å². The standard InChI is InChI=1S/C10H16N2O3/c1-3-4-7-15-10(14)8-5-6-9(13)12(2)11-8/h3-7H2,1-2H3. The molecule has 1 amide bonds. The molecular formula is C10H16N2O3. The van der Waals surface area contributed by atoms with Gasteiger partial charge in [-0.3, -0.25) is 4.79 Å². The number of hydrogen-bond donors (Lipinski definition) is 0. The topological polar surface area (TPSA) is 59.0 Å². The molecule has 0 aliphatic carbocycles. The Morgan fingerprint density at radius 3 is 2.87 bits per heavy atom. The smallest absolute Gasteiger partial charge is 0.354 e. The average molecular weight is 212 g/mol. The van der Waals surface area contributed by atoms with Gasteiger partial charge in [0.15, 0.2) is 0 Å². The Morgan fingerprint density at radius 1 is 1.53 bits per heavy atom. The minimum Gasteiger partial charge on any atom is -0.461 e. The molecule has 1 aliphatic heterocycles. The van der Waals surface area contributed by atoms with Gasteiger partial charge in [-0.25, -0.2) is 9.80 Å². The highest BCUT2D eigenvalue weighted by Gasteiger charge is 2.22. The summed E-state index contributed by atoms with van der Waals surface area (Å²) in [4.78, 5) is 22.5. The molecular weight excluding hydrogens is 196 g/mol. The molecule has 0 spiro atoms. The van der Waals surface area contributed by atoms with Gasteiger partial charge in [0.05, 0.1) is 6.61 Å². The number of ether oxygens (including phenoxy) is 1. The molecule has 0 aromatic heterocycles. The Hall–Kier alpha value is -1.39. The quantitative estimate of drug-likeness (QED) is 0.514. The van der Waals surface area contributed by atoms with E-state index in [1.807, 2.05) is 6.92 Å². The SMILES string of the molecule is CCCCOC(=O)C1=NN(C)C(=O)CC1. The Balaban J connectivity index is 2.46. The van der Waals surface area contributed by atoms with Crippen LogP contribution < -0.4 is 0 Å². The van der Waals surface area contributed by atoms with Crippen LogP contribution in [0.15, 0.2) is 5.10 Å². The Kier molecular flexibility index (Phi) is 4.27. The normalized spacial score (nSPS) is 16.3. The lowest BCUT2D eigenvalue weighted by Crippen LogP contribution is -2.32. The lowest BCUT2D eigenvalue weighted by atomic mass is 10.2. The lowest BCUT2D eigenvalue weighted by Gasteiger charge is -2.18. The van der Waals surface area contributed by atoms with Crippen LogP contribution in [0.5, 0.6) is 0 Å². The number of carbonyl (C=O) groups excluding carboxylic acids is 2. The molecule has 0 radical (unpaired) electrons. The number of esters is 1. The van der Waals surface area contributed by atoms with Crippen molar-refractivity contribution in [2.45, 2.75) is 32.6 Å². The van der Waals surface area contributed by atoms with E-state index in [0.717, 1.165) is 12.8 Å². The Labute approximate surface area is 89.1 Å². The predicted octanol–water partition coefficient (Wildman–Crippen LogP) is 0.938. The van der Waals surface area contributed by atoms with E-state index in [1.165, 1.54) is 5.01 Å². The number of hydrogen-bond acceptors (Lipinski definition) is 4. The summed E-state index contributed by atoms with van der Waals surface area (Å²) in [6.45, 7) is 2.45. The molecule has 0 N–H and O–H groups in total. The monoisotopic (exact) mass is 212 g/mol. The van der Waals surface area contributed by atoms with Gasteiger partial charge >= 0.3 is 5.97 Å². The van der Waals surface area contributed by atoms with Crippen molar-refractivity contribution < 1.29 is 14.3 Å².